The molecule has 1 amide bonds. The van der Waals surface area contributed by atoms with E-state index in [0.717, 1.165) is 4.90 Å². The number of nitrogens with two attached hydrogens (primary N) is 1. The van der Waals surface area contributed by atoms with Crippen molar-refractivity contribution in [2.45, 2.75) is 26.4 Å². The van der Waals surface area contributed by atoms with Crippen LogP contribution in [0.25, 0.3) is 5.70 Å². The largest absolute Gasteiger partial charge is 0.443 e. The molecule has 0 saturated heterocycles. The molecule has 7 heteroatoms. The SMILES string of the molecule is CC(C)(C)OC(=O)N1C=CC(n2cc(N)cn2)=C(F)C1. The van der Waals surface area contributed by atoms with E-state index >= 15 is 0 Å². The van der Waals surface area contributed by atoms with Crippen LogP contribution >= 0.6 is 0 Å². The minimum atomic E-state index is -0.623. The summed E-state index contributed by atoms with van der Waals surface area (Å²) >= 11 is 0. The standard InChI is InChI=1S/C13H17FN4O2/c1-13(2,3)20-12(19)17-5-4-11(10(14)8-17)18-7-9(15)6-16-18/h4-7H,8,15H2,1-3H3. The Morgan fingerprint density at radius 3 is 2.70 bits per heavy atom. The number of hydrogen-bond donors (Lipinski definition) is 1. The topological polar surface area (TPSA) is 73.4 Å². The second-order valence-electron chi connectivity index (χ2n) is 5.43. The van der Waals surface area contributed by atoms with Gasteiger partial charge in [-0.25, -0.2) is 13.9 Å². The van der Waals surface area contributed by atoms with Crippen molar-refractivity contribution in [1.29, 1.82) is 0 Å². The summed E-state index contributed by atoms with van der Waals surface area (Å²) < 4.78 is 20.6. The Bertz CT molecular complexity index is 583. The van der Waals surface area contributed by atoms with Gasteiger partial charge in [-0.3, -0.25) is 4.90 Å². The number of halogens is 1. The van der Waals surface area contributed by atoms with Gasteiger partial charge in [0.1, 0.15) is 11.4 Å². The average Bonchev–Trinajstić information content (AvgIpc) is 2.73. The monoisotopic (exact) mass is 280 g/mol. The number of amides is 1. The summed E-state index contributed by atoms with van der Waals surface area (Å²) in [5.41, 5.74) is 5.61. The van der Waals surface area contributed by atoms with Gasteiger partial charge in [0.15, 0.2) is 0 Å². The van der Waals surface area contributed by atoms with Crippen LogP contribution in [0.2, 0.25) is 0 Å². The fourth-order valence-electron chi connectivity index (χ4n) is 1.65. The van der Waals surface area contributed by atoms with E-state index in [9.17, 15) is 9.18 Å². The van der Waals surface area contributed by atoms with Crippen molar-refractivity contribution in [3.05, 3.63) is 30.5 Å². The molecule has 6 nitrogen and oxygen atoms in total. The smallest absolute Gasteiger partial charge is 0.414 e. The fraction of sp³-hybridized carbons (Fsp3) is 0.385. The summed E-state index contributed by atoms with van der Waals surface area (Å²) in [5, 5.41) is 3.93. The van der Waals surface area contributed by atoms with Gasteiger partial charge in [-0.1, -0.05) is 0 Å². The summed E-state index contributed by atoms with van der Waals surface area (Å²) in [4.78, 5) is 13.0. The molecule has 0 aromatic carbocycles. The minimum absolute atomic E-state index is 0.194. The van der Waals surface area contributed by atoms with Gasteiger partial charge in [-0.15, -0.1) is 0 Å². The van der Waals surface area contributed by atoms with Crippen LogP contribution in [0.3, 0.4) is 0 Å². The highest BCUT2D eigenvalue weighted by Gasteiger charge is 2.25. The zero-order valence-corrected chi connectivity index (χ0v) is 11.6. The Balaban J connectivity index is 2.12. The van der Waals surface area contributed by atoms with Crippen LogP contribution < -0.4 is 5.73 Å². The quantitative estimate of drug-likeness (QED) is 0.857. The van der Waals surface area contributed by atoms with Gasteiger partial charge < -0.3 is 10.5 Å². The molecule has 0 aliphatic carbocycles. The molecule has 2 N–H and O–H groups in total. The average molecular weight is 280 g/mol. The van der Waals surface area contributed by atoms with Crippen LogP contribution in [0.15, 0.2) is 30.5 Å². The Hall–Kier alpha value is -2.31. The van der Waals surface area contributed by atoms with Crippen LogP contribution in [0.5, 0.6) is 0 Å². The van der Waals surface area contributed by atoms with Crippen LogP contribution in [0.1, 0.15) is 20.8 Å². The molecular weight excluding hydrogens is 263 g/mol. The maximum absolute atomic E-state index is 14.1. The molecule has 1 aromatic heterocycles. The van der Waals surface area contributed by atoms with Crippen LogP contribution in [-0.4, -0.2) is 32.9 Å². The molecule has 0 atom stereocenters. The van der Waals surface area contributed by atoms with E-state index < -0.39 is 17.5 Å². The van der Waals surface area contributed by atoms with Crippen molar-refractivity contribution in [1.82, 2.24) is 14.7 Å². The first-order chi connectivity index (χ1) is 9.26. The molecule has 0 bridgehead atoms. The van der Waals surface area contributed by atoms with Gasteiger partial charge >= 0.3 is 6.09 Å². The number of rotatable bonds is 1. The van der Waals surface area contributed by atoms with Crippen molar-refractivity contribution in [3.63, 3.8) is 0 Å². The van der Waals surface area contributed by atoms with Crippen molar-refractivity contribution in [2.75, 3.05) is 12.3 Å². The number of anilines is 1. The molecule has 0 saturated carbocycles. The van der Waals surface area contributed by atoms with Gasteiger partial charge in [-0.05, 0) is 26.8 Å². The molecule has 1 aliphatic heterocycles. The highest BCUT2D eigenvalue weighted by atomic mass is 19.1. The van der Waals surface area contributed by atoms with Gasteiger partial charge in [0, 0.05) is 6.20 Å². The Kier molecular flexibility index (Phi) is 3.52. The Morgan fingerprint density at radius 2 is 2.20 bits per heavy atom. The zero-order valence-electron chi connectivity index (χ0n) is 11.6. The normalized spacial score (nSPS) is 15.7. The van der Waals surface area contributed by atoms with Crippen LogP contribution in [0.4, 0.5) is 14.9 Å². The van der Waals surface area contributed by atoms with E-state index in [0.29, 0.717) is 5.69 Å². The van der Waals surface area contributed by atoms with Gasteiger partial charge in [0.2, 0.25) is 0 Å². The molecule has 0 spiro atoms. The van der Waals surface area contributed by atoms with Crippen molar-refractivity contribution >= 4 is 17.5 Å². The first-order valence-corrected chi connectivity index (χ1v) is 6.13. The van der Waals surface area contributed by atoms with Gasteiger partial charge in [0.05, 0.1) is 30.3 Å². The third kappa shape index (κ3) is 3.17. The number of ether oxygens (including phenoxy) is 1. The molecule has 2 rings (SSSR count). The maximum atomic E-state index is 14.1. The molecule has 0 radical (unpaired) electrons. The number of aromatic nitrogens is 2. The number of carbonyl (C=O) groups excluding carboxylic acids is 1. The Morgan fingerprint density at radius 1 is 1.50 bits per heavy atom. The van der Waals surface area contributed by atoms with Crippen LogP contribution in [0, 0.1) is 0 Å². The highest BCUT2D eigenvalue weighted by molar-refractivity contribution is 5.73. The third-order valence-corrected chi connectivity index (χ3v) is 2.48. The first-order valence-electron chi connectivity index (χ1n) is 6.13. The number of hydrogen-bond acceptors (Lipinski definition) is 4. The van der Waals surface area contributed by atoms with E-state index in [1.54, 1.807) is 20.8 Å². The van der Waals surface area contributed by atoms with Crippen molar-refractivity contribution < 1.29 is 13.9 Å². The summed E-state index contributed by atoms with van der Waals surface area (Å²) in [7, 11) is 0. The number of nitrogen functional groups attached to an aromatic ring is 1. The highest BCUT2D eigenvalue weighted by Crippen LogP contribution is 2.22. The molecule has 108 valence electrons. The fourth-order valence-corrected chi connectivity index (χ4v) is 1.65. The third-order valence-electron chi connectivity index (χ3n) is 2.48. The lowest BCUT2D eigenvalue weighted by Crippen LogP contribution is -2.35. The second kappa shape index (κ2) is 4.99. The van der Waals surface area contributed by atoms with E-state index in [4.69, 9.17) is 10.5 Å². The number of allylic oxidation sites excluding steroid dienone is 2. The van der Waals surface area contributed by atoms with Gasteiger partial charge in [-0.2, -0.15) is 5.10 Å². The summed E-state index contributed by atoms with van der Waals surface area (Å²) in [5.74, 6) is -0.485. The van der Waals surface area contributed by atoms with Crippen LogP contribution in [-0.2, 0) is 4.74 Å². The second-order valence-corrected chi connectivity index (χ2v) is 5.43. The molecular formula is C13H17FN4O2. The van der Waals surface area contributed by atoms with Gasteiger partial charge in [0.25, 0.3) is 0 Å². The summed E-state index contributed by atoms with van der Waals surface area (Å²) in [6, 6.07) is 0. The first kappa shape index (κ1) is 14.1. The maximum Gasteiger partial charge on any atom is 0.414 e. The van der Waals surface area contributed by atoms with E-state index in [-0.39, 0.29) is 12.2 Å². The summed E-state index contributed by atoms with van der Waals surface area (Å²) in [6.07, 6.45) is 5.25. The number of carbonyl (C=O) groups is 1. The lowest BCUT2D eigenvalue weighted by atomic mass is 10.2. The Labute approximate surface area is 116 Å². The molecule has 0 unspecified atom stereocenters. The van der Waals surface area contributed by atoms with Crippen molar-refractivity contribution in [3.8, 4) is 0 Å². The number of nitrogens with zero attached hydrogens (tertiary/aromatic N) is 3. The lowest BCUT2D eigenvalue weighted by Gasteiger charge is -2.26. The zero-order chi connectivity index (χ0) is 14.9. The summed E-state index contributed by atoms with van der Waals surface area (Å²) in [6.45, 7) is 5.06. The minimum Gasteiger partial charge on any atom is -0.443 e. The lowest BCUT2D eigenvalue weighted by molar-refractivity contribution is 0.0339. The predicted molar refractivity (Wildman–Crippen MR) is 73.0 cm³/mol. The molecule has 20 heavy (non-hydrogen) atoms. The van der Waals surface area contributed by atoms with E-state index in [1.807, 2.05) is 0 Å². The molecule has 0 fully saturated rings. The molecule has 1 aliphatic rings. The molecule has 2 heterocycles. The predicted octanol–water partition coefficient (Wildman–Crippen LogP) is 2.37. The molecule has 1 aromatic rings. The van der Waals surface area contributed by atoms with Crippen molar-refractivity contribution in [2.24, 2.45) is 0 Å². The van der Waals surface area contributed by atoms with E-state index in [1.165, 1.54) is 29.4 Å². The van der Waals surface area contributed by atoms with E-state index in [2.05, 4.69) is 5.10 Å².